The second kappa shape index (κ2) is 8.29. The van der Waals surface area contributed by atoms with Crippen molar-refractivity contribution in [2.45, 2.75) is 39.2 Å². The molecule has 1 amide bonds. The summed E-state index contributed by atoms with van der Waals surface area (Å²) in [6, 6.07) is 4.13. The van der Waals surface area contributed by atoms with Crippen molar-refractivity contribution in [3.05, 3.63) is 59.7 Å². The number of nitrogens with zero attached hydrogens (tertiary/aromatic N) is 6. The molecule has 3 atom stereocenters. The van der Waals surface area contributed by atoms with E-state index in [9.17, 15) is 9.18 Å². The van der Waals surface area contributed by atoms with Crippen LogP contribution in [0.25, 0.3) is 5.69 Å². The smallest absolute Gasteiger partial charge is 0.316 e. The van der Waals surface area contributed by atoms with Crippen LogP contribution in [0.4, 0.5) is 4.39 Å². The van der Waals surface area contributed by atoms with Crippen LogP contribution in [0.5, 0.6) is 6.01 Å². The fraction of sp³-hybridized carbons (Fsp3) is 0.435. The van der Waals surface area contributed by atoms with E-state index < -0.39 is 5.82 Å². The Hall–Kier alpha value is -3.36. The molecule has 32 heavy (non-hydrogen) atoms. The number of fused-ring (bicyclic) bond motifs is 3. The lowest BCUT2D eigenvalue weighted by Gasteiger charge is -2.49. The van der Waals surface area contributed by atoms with Crippen molar-refractivity contribution in [3.63, 3.8) is 0 Å². The van der Waals surface area contributed by atoms with Gasteiger partial charge in [-0.15, -0.1) is 0 Å². The summed E-state index contributed by atoms with van der Waals surface area (Å²) in [6.45, 7) is 5.00. The van der Waals surface area contributed by atoms with Crippen LogP contribution in [0.15, 0.2) is 36.9 Å². The van der Waals surface area contributed by atoms with Gasteiger partial charge in [0.1, 0.15) is 0 Å². The monoisotopic (exact) mass is 436 g/mol. The number of hydrogen-bond donors (Lipinski definition) is 0. The fourth-order valence-electron chi connectivity index (χ4n) is 4.81. The summed E-state index contributed by atoms with van der Waals surface area (Å²) in [6.07, 6.45) is 8.76. The zero-order valence-electron chi connectivity index (χ0n) is 18.1. The fourth-order valence-corrected chi connectivity index (χ4v) is 4.81. The van der Waals surface area contributed by atoms with Crippen molar-refractivity contribution in [3.8, 4) is 11.7 Å². The second-order valence-corrected chi connectivity index (χ2v) is 8.72. The topological polar surface area (TPSA) is 86.0 Å². The molecule has 0 radical (unpaired) electrons. The van der Waals surface area contributed by atoms with Crippen LogP contribution in [0.3, 0.4) is 0 Å². The summed E-state index contributed by atoms with van der Waals surface area (Å²) in [5.41, 5.74) is 2.96. The lowest BCUT2D eigenvalue weighted by atomic mass is 9.72. The number of aromatic nitrogens is 5. The normalized spacial score (nSPS) is 22.2. The van der Waals surface area contributed by atoms with Crippen LogP contribution in [0.2, 0.25) is 0 Å². The molecule has 8 nitrogen and oxygen atoms in total. The van der Waals surface area contributed by atoms with Gasteiger partial charge in [0.15, 0.2) is 11.5 Å². The number of aryl methyl sites for hydroxylation is 2. The van der Waals surface area contributed by atoms with Crippen LogP contribution >= 0.6 is 0 Å². The lowest BCUT2D eigenvalue weighted by Crippen LogP contribution is -2.55. The molecular formula is C23H25FN6O2. The lowest BCUT2D eigenvalue weighted by molar-refractivity contribution is -0.00564. The third kappa shape index (κ3) is 3.94. The number of hydrogen-bond acceptors (Lipinski definition) is 6. The van der Waals surface area contributed by atoms with Gasteiger partial charge in [-0.2, -0.15) is 5.10 Å². The molecule has 3 aliphatic rings. The van der Waals surface area contributed by atoms with Gasteiger partial charge in [0.05, 0.1) is 30.9 Å². The zero-order valence-corrected chi connectivity index (χ0v) is 18.1. The Morgan fingerprint density at radius 3 is 2.69 bits per heavy atom. The number of rotatable bonds is 5. The molecule has 3 fully saturated rings. The van der Waals surface area contributed by atoms with Gasteiger partial charge in [0, 0.05) is 24.5 Å². The number of carbonyl (C=O) groups excluding carboxylic acids is 1. The Morgan fingerprint density at radius 2 is 2.00 bits per heavy atom. The highest BCUT2D eigenvalue weighted by Crippen LogP contribution is 2.40. The van der Waals surface area contributed by atoms with Gasteiger partial charge in [-0.3, -0.25) is 4.79 Å². The minimum Gasteiger partial charge on any atom is -0.463 e. The largest absolute Gasteiger partial charge is 0.463 e. The molecule has 0 N–H and O–H groups in total. The molecule has 0 spiro atoms. The highest BCUT2D eigenvalue weighted by molar-refractivity contribution is 5.96. The molecule has 3 aromatic rings. The van der Waals surface area contributed by atoms with Crippen LogP contribution in [-0.4, -0.2) is 54.7 Å². The number of carbonyl (C=O) groups is 1. The Labute approximate surface area is 185 Å². The molecule has 3 aromatic heterocycles. The minimum absolute atomic E-state index is 0.0483. The van der Waals surface area contributed by atoms with E-state index in [0.29, 0.717) is 36.4 Å². The third-order valence-electron chi connectivity index (χ3n) is 6.44. The summed E-state index contributed by atoms with van der Waals surface area (Å²) in [7, 11) is 0. The molecule has 5 heterocycles. The molecule has 166 valence electrons. The van der Waals surface area contributed by atoms with Gasteiger partial charge in [0.2, 0.25) is 0 Å². The summed E-state index contributed by atoms with van der Waals surface area (Å²) >= 11 is 0. The predicted octanol–water partition coefficient (Wildman–Crippen LogP) is 3.13. The van der Waals surface area contributed by atoms with Crippen LogP contribution in [0.1, 0.15) is 41.0 Å². The van der Waals surface area contributed by atoms with Crippen LogP contribution in [0, 0.1) is 31.5 Å². The molecule has 1 aliphatic carbocycles. The predicted molar refractivity (Wildman–Crippen MR) is 114 cm³/mol. The number of pyridine rings is 1. The van der Waals surface area contributed by atoms with E-state index in [0.717, 1.165) is 42.9 Å². The summed E-state index contributed by atoms with van der Waals surface area (Å²) in [5.74, 6) is 0.111. The molecule has 2 saturated heterocycles. The van der Waals surface area contributed by atoms with E-state index in [4.69, 9.17) is 4.74 Å². The van der Waals surface area contributed by atoms with E-state index in [-0.39, 0.29) is 18.0 Å². The van der Waals surface area contributed by atoms with Crippen molar-refractivity contribution >= 4 is 5.91 Å². The number of amides is 1. The van der Waals surface area contributed by atoms with Crippen molar-refractivity contribution in [1.82, 2.24) is 29.6 Å². The van der Waals surface area contributed by atoms with Crippen LogP contribution in [-0.2, 0) is 0 Å². The summed E-state index contributed by atoms with van der Waals surface area (Å²) in [4.78, 5) is 27.9. The van der Waals surface area contributed by atoms with E-state index in [1.807, 2.05) is 37.1 Å². The maximum absolute atomic E-state index is 13.6. The molecule has 2 aliphatic heterocycles. The Bertz CT molecular complexity index is 1130. The quantitative estimate of drug-likeness (QED) is 0.611. The second-order valence-electron chi connectivity index (χ2n) is 8.72. The van der Waals surface area contributed by atoms with Crippen molar-refractivity contribution in [1.29, 1.82) is 0 Å². The first kappa shape index (κ1) is 20.5. The van der Waals surface area contributed by atoms with E-state index >= 15 is 0 Å². The van der Waals surface area contributed by atoms with Gasteiger partial charge in [0.25, 0.3) is 5.91 Å². The molecular weight excluding hydrogens is 411 g/mol. The Morgan fingerprint density at radius 1 is 1.19 bits per heavy atom. The average molecular weight is 436 g/mol. The van der Waals surface area contributed by atoms with Gasteiger partial charge >= 0.3 is 6.01 Å². The van der Waals surface area contributed by atoms with Crippen molar-refractivity contribution < 1.29 is 13.9 Å². The maximum atomic E-state index is 13.6. The maximum Gasteiger partial charge on any atom is 0.316 e. The molecule has 9 heteroatoms. The summed E-state index contributed by atoms with van der Waals surface area (Å²) < 4.78 is 20.4. The Balaban J connectivity index is 1.32. The van der Waals surface area contributed by atoms with E-state index in [1.165, 1.54) is 0 Å². The molecule has 3 unspecified atom stereocenters. The van der Waals surface area contributed by atoms with E-state index in [2.05, 4.69) is 20.1 Å². The highest BCUT2D eigenvalue weighted by atomic mass is 19.1. The SMILES string of the molecule is Cc1cnn(-c2ccc(C)nc2C(=O)N2CC3CCC2CC3COc2ncc(F)cn2)c1. The van der Waals surface area contributed by atoms with Crippen LogP contribution < -0.4 is 4.74 Å². The number of ether oxygens (including phenoxy) is 1. The first-order valence-electron chi connectivity index (χ1n) is 10.9. The zero-order chi connectivity index (χ0) is 22.2. The van der Waals surface area contributed by atoms with Gasteiger partial charge in [-0.1, -0.05) is 0 Å². The standard InChI is InChI=1S/C23H25FN6O2/c1-14-8-27-30(11-14)20-6-3-15(2)28-21(20)22(31)29-12-16-4-5-19(29)7-17(16)13-32-23-25-9-18(24)10-26-23/h3,6,8-11,16-17,19H,4-5,7,12-13H2,1-2H3. The minimum atomic E-state index is -0.488. The number of piperidine rings is 2. The first-order chi connectivity index (χ1) is 15.5. The van der Waals surface area contributed by atoms with Crippen molar-refractivity contribution in [2.24, 2.45) is 11.8 Å². The van der Waals surface area contributed by atoms with Gasteiger partial charge < -0.3 is 9.64 Å². The van der Waals surface area contributed by atoms with Crippen molar-refractivity contribution in [2.75, 3.05) is 13.2 Å². The first-order valence-corrected chi connectivity index (χ1v) is 10.9. The number of halogens is 1. The summed E-state index contributed by atoms with van der Waals surface area (Å²) in [5, 5.41) is 4.38. The Kier molecular flexibility index (Phi) is 5.32. The van der Waals surface area contributed by atoms with E-state index in [1.54, 1.807) is 10.9 Å². The average Bonchev–Trinajstić information content (AvgIpc) is 3.24. The molecule has 2 bridgehead atoms. The van der Waals surface area contributed by atoms with Gasteiger partial charge in [-0.05, 0) is 62.6 Å². The molecule has 1 saturated carbocycles. The molecule has 6 rings (SSSR count). The molecule has 0 aromatic carbocycles. The highest BCUT2D eigenvalue weighted by Gasteiger charge is 2.43. The third-order valence-corrected chi connectivity index (χ3v) is 6.44. The van der Waals surface area contributed by atoms with Gasteiger partial charge in [-0.25, -0.2) is 24.0 Å².